The number of rotatable bonds is 7. The molecule has 2 nitrogen and oxygen atoms in total. The lowest BCUT2D eigenvalue weighted by Gasteiger charge is -2.15. The van der Waals surface area contributed by atoms with Crippen molar-refractivity contribution in [3.63, 3.8) is 0 Å². The zero-order chi connectivity index (χ0) is 10.2. The van der Waals surface area contributed by atoms with E-state index in [2.05, 4.69) is 29.6 Å². The number of imidazole rings is 1. The maximum atomic E-state index is 4.10. The molecule has 0 aliphatic heterocycles. The average Bonchev–Trinajstić information content (AvgIpc) is 2.71. The fourth-order valence-electron chi connectivity index (χ4n) is 1.86. The molecule has 1 atom stereocenters. The number of unbranched alkanes of at least 4 members (excludes halogenated alkanes) is 3. The van der Waals surface area contributed by atoms with Gasteiger partial charge in [-0.1, -0.05) is 39.5 Å². The van der Waals surface area contributed by atoms with E-state index in [1.807, 2.05) is 12.5 Å². The normalized spacial score (nSPS) is 13.0. The fourth-order valence-corrected chi connectivity index (χ4v) is 1.86. The third kappa shape index (κ3) is 3.52. The molecular formula is C12H22N2. The Balaban J connectivity index is 2.26. The standard InChI is InChI=1S/C12H22N2/c1-3-5-6-7-8-12(4-2)14-10-9-13-11-14/h9-12H,3-8H2,1-2H3. The second-order valence-electron chi connectivity index (χ2n) is 3.92. The second kappa shape index (κ2) is 6.63. The molecule has 1 aromatic heterocycles. The van der Waals surface area contributed by atoms with Gasteiger partial charge in [-0.05, 0) is 12.8 Å². The van der Waals surface area contributed by atoms with Crippen LogP contribution < -0.4 is 0 Å². The minimum Gasteiger partial charge on any atom is -0.334 e. The maximum Gasteiger partial charge on any atom is 0.0948 e. The molecule has 0 N–H and O–H groups in total. The van der Waals surface area contributed by atoms with Crippen LogP contribution in [-0.2, 0) is 0 Å². The molecule has 1 aromatic rings. The summed E-state index contributed by atoms with van der Waals surface area (Å²) in [7, 11) is 0. The Bertz CT molecular complexity index is 216. The SMILES string of the molecule is CCCCCCC(CC)n1ccnc1. The van der Waals surface area contributed by atoms with Crippen LogP contribution in [0.5, 0.6) is 0 Å². The van der Waals surface area contributed by atoms with E-state index in [0.29, 0.717) is 6.04 Å². The average molecular weight is 194 g/mol. The third-order valence-electron chi connectivity index (χ3n) is 2.81. The Morgan fingerprint density at radius 1 is 1.21 bits per heavy atom. The summed E-state index contributed by atoms with van der Waals surface area (Å²) < 4.78 is 2.24. The quantitative estimate of drug-likeness (QED) is 0.604. The van der Waals surface area contributed by atoms with Gasteiger partial charge >= 0.3 is 0 Å². The summed E-state index contributed by atoms with van der Waals surface area (Å²) >= 11 is 0. The van der Waals surface area contributed by atoms with Gasteiger partial charge in [0.25, 0.3) is 0 Å². The highest BCUT2D eigenvalue weighted by atomic mass is 15.0. The van der Waals surface area contributed by atoms with Crippen molar-refractivity contribution >= 4 is 0 Å². The molecule has 0 aliphatic rings. The van der Waals surface area contributed by atoms with Gasteiger partial charge in [-0.2, -0.15) is 0 Å². The lowest BCUT2D eigenvalue weighted by atomic mass is 10.1. The molecule has 0 aromatic carbocycles. The van der Waals surface area contributed by atoms with Gasteiger partial charge in [0.15, 0.2) is 0 Å². The number of nitrogens with zero attached hydrogens (tertiary/aromatic N) is 2. The summed E-state index contributed by atoms with van der Waals surface area (Å²) in [6.45, 7) is 4.51. The molecule has 0 spiro atoms. The molecule has 1 rings (SSSR count). The van der Waals surface area contributed by atoms with Crippen LogP contribution in [0.3, 0.4) is 0 Å². The molecule has 0 saturated carbocycles. The highest BCUT2D eigenvalue weighted by molar-refractivity contribution is 4.79. The zero-order valence-corrected chi connectivity index (χ0v) is 9.45. The van der Waals surface area contributed by atoms with Gasteiger partial charge in [-0.3, -0.25) is 0 Å². The van der Waals surface area contributed by atoms with Gasteiger partial charge in [0.2, 0.25) is 0 Å². The third-order valence-corrected chi connectivity index (χ3v) is 2.81. The summed E-state index contributed by atoms with van der Waals surface area (Å²) in [5.74, 6) is 0. The van der Waals surface area contributed by atoms with Crippen molar-refractivity contribution in [3.05, 3.63) is 18.7 Å². The van der Waals surface area contributed by atoms with Crippen molar-refractivity contribution in [2.24, 2.45) is 0 Å². The van der Waals surface area contributed by atoms with Crippen molar-refractivity contribution in [1.82, 2.24) is 9.55 Å². The van der Waals surface area contributed by atoms with E-state index in [1.54, 1.807) is 0 Å². The van der Waals surface area contributed by atoms with Crippen LogP contribution in [0.15, 0.2) is 18.7 Å². The van der Waals surface area contributed by atoms with Crippen LogP contribution in [0, 0.1) is 0 Å². The first-order chi connectivity index (χ1) is 6.88. The van der Waals surface area contributed by atoms with E-state index >= 15 is 0 Å². The van der Waals surface area contributed by atoms with Crippen molar-refractivity contribution < 1.29 is 0 Å². The fraction of sp³-hybridized carbons (Fsp3) is 0.750. The van der Waals surface area contributed by atoms with Gasteiger partial charge in [0.05, 0.1) is 6.33 Å². The highest BCUT2D eigenvalue weighted by Crippen LogP contribution is 2.19. The van der Waals surface area contributed by atoms with Gasteiger partial charge in [-0.15, -0.1) is 0 Å². The minimum atomic E-state index is 0.661. The highest BCUT2D eigenvalue weighted by Gasteiger charge is 2.06. The smallest absolute Gasteiger partial charge is 0.0948 e. The maximum absolute atomic E-state index is 4.10. The summed E-state index contributed by atoms with van der Waals surface area (Å²) in [5, 5.41) is 0. The first kappa shape index (κ1) is 11.3. The first-order valence-electron chi connectivity index (χ1n) is 5.86. The van der Waals surface area contributed by atoms with Crippen LogP contribution in [0.4, 0.5) is 0 Å². The summed E-state index contributed by atoms with van der Waals surface area (Å²) in [4.78, 5) is 4.10. The molecule has 1 unspecified atom stereocenters. The molecule has 0 radical (unpaired) electrons. The predicted molar refractivity (Wildman–Crippen MR) is 60.3 cm³/mol. The van der Waals surface area contributed by atoms with E-state index in [1.165, 1.54) is 38.5 Å². The van der Waals surface area contributed by atoms with Crippen molar-refractivity contribution in [2.45, 2.75) is 58.4 Å². The van der Waals surface area contributed by atoms with Crippen LogP contribution in [0.25, 0.3) is 0 Å². The topological polar surface area (TPSA) is 17.8 Å². The molecule has 2 heteroatoms. The number of hydrogen-bond acceptors (Lipinski definition) is 1. The molecule has 0 amide bonds. The minimum absolute atomic E-state index is 0.661. The van der Waals surface area contributed by atoms with E-state index in [0.717, 1.165) is 0 Å². The van der Waals surface area contributed by atoms with Crippen molar-refractivity contribution in [1.29, 1.82) is 0 Å². The lowest BCUT2D eigenvalue weighted by Crippen LogP contribution is -2.05. The molecule has 14 heavy (non-hydrogen) atoms. The van der Waals surface area contributed by atoms with Crippen LogP contribution in [0.2, 0.25) is 0 Å². The molecule has 0 aliphatic carbocycles. The van der Waals surface area contributed by atoms with E-state index < -0.39 is 0 Å². The lowest BCUT2D eigenvalue weighted by molar-refractivity contribution is 0.428. The van der Waals surface area contributed by atoms with Crippen LogP contribution in [-0.4, -0.2) is 9.55 Å². The molecule has 0 bridgehead atoms. The van der Waals surface area contributed by atoms with Gasteiger partial charge in [0, 0.05) is 18.4 Å². The second-order valence-corrected chi connectivity index (χ2v) is 3.92. The van der Waals surface area contributed by atoms with E-state index in [4.69, 9.17) is 0 Å². The Labute approximate surface area is 87.4 Å². The number of aromatic nitrogens is 2. The van der Waals surface area contributed by atoms with Crippen LogP contribution >= 0.6 is 0 Å². The molecule has 1 heterocycles. The van der Waals surface area contributed by atoms with Gasteiger partial charge in [0.1, 0.15) is 0 Å². The predicted octanol–water partition coefficient (Wildman–Crippen LogP) is 3.80. The summed E-state index contributed by atoms with van der Waals surface area (Å²) in [5.41, 5.74) is 0. The molecular weight excluding hydrogens is 172 g/mol. The Morgan fingerprint density at radius 3 is 2.64 bits per heavy atom. The van der Waals surface area contributed by atoms with Crippen LogP contribution in [0.1, 0.15) is 58.4 Å². The Morgan fingerprint density at radius 2 is 2.07 bits per heavy atom. The molecule has 0 saturated heterocycles. The van der Waals surface area contributed by atoms with Gasteiger partial charge < -0.3 is 4.57 Å². The number of hydrogen-bond donors (Lipinski definition) is 0. The monoisotopic (exact) mass is 194 g/mol. The zero-order valence-electron chi connectivity index (χ0n) is 9.45. The molecule has 80 valence electrons. The molecule has 0 fully saturated rings. The van der Waals surface area contributed by atoms with Crippen molar-refractivity contribution in [3.8, 4) is 0 Å². The van der Waals surface area contributed by atoms with Gasteiger partial charge in [-0.25, -0.2) is 4.98 Å². The summed E-state index contributed by atoms with van der Waals surface area (Å²) in [6, 6.07) is 0.661. The summed E-state index contributed by atoms with van der Waals surface area (Å²) in [6.07, 6.45) is 13.8. The Hall–Kier alpha value is -0.790. The first-order valence-corrected chi connectivity index (χ1v) is 5.86. The Kier molecular flexibility index (Phi) is 5.35. The largest absolute Gasteiger partial charge is 0.334 e. The van der Waals surface area contributed by atoms with E-state index in [-0.39, 0.29) is 0 Å². The van der Waals surface area contributed by atoms with Crippen molar-refractivity contribution in [2.75, 3.05) is 0 Å². The van der Waals surface area contributed by atoms with E-state index in [9.17, 15) is 0 Å².